The van der Waals surface area contributed by atoms with Crippen molar-refractivity contribution in [2.45, 2.75) is 19.9 Å². The number of para-hydroxylation sites is 1. The number of nitrogens with one attached hydrogen (secondary N) is 2. The molecule has 2 rings (SSSR count). The molecule has 0 fully saturated rings. The van der Waals surface area contributed by atoms with Gasteiger partial charge in [0.2, 0.25) is 15.9 Å². The molecule has 2 amide bonds. The molecule has 0 spiro atoms. The first-order valence-electron chi connectivity index (χ1n) is 8.51. The highest BCUT2D eigenvalue weighted by Crippen LogP contribution is 2.20. The van der Waals surface area contributed by atoms with Crippen LogP contribution in [0.4, 0.5) is 11.4 Å². The summed E-state index contributed by atoms with van der Waals surface area (Å²) in [5, 5.41) is 5.41. The number of carbonyl (C=O) groups excluding carboxylic acids is 2. The van der Waals surface area contributed by atoms with Crippen molar-refractivity contribution in [3.05, 3.63) is 57.7 Å². The first-order valence-corrected chi connectivity index (χ1v) is 11.4. The van der Waals surface area contributed by atoms with Gasteiger partial charge in [-0.15, -0.1) is 0 Å². The summed E-state index contributed by atoms with van der Waals surface area (Å²) in [6.45, 7) is 3.27. The molecule has 7 nitrogen and oxygen atoms in total. The fourth-order valence-corrected chi connectivity index (χ4v) is 3.67. The number of rotatable bonds is 7. The molecule has 0 aliphatic rings. The lowest BCUT2D eigenvalue weighted by atomic mass is 10.1. The number of anilines is 2. The topological polar surface area (TPSA) is 95.6 Å². The predicted octanol–water partition coefficient (Wildman–Crippen LogP) is 2.83. The second-order valence-electron chi connectivity index (χ2n) is 6.47. The lowest BCUT2D eigenvalue weighted by molar-refractivity contribution is -0.114. The first kappa shape index (κ1) is 22.2. The average Bonchev–Trinajstić information content (AvgIpc) is 2.59. The van der Waals surface area contributed by atoms with Crippen LogP contribution in [0.3, 0.4) is 0 Å². The number of hydrogen-bond acceptors (Lipinski definition) is 4. The molecule has 0 saturated heterocycles. The summed E-state index contributed by atoms with van der Waals surface area (Å²) in [4.78, 5) is 24.9. The third-order valence-electron chi connectivity index (χ3n) is 3.67. The largest absolute Gasteiger partial charge is 0.350 e. The molecule has 0 atom stereocenters. The zero-order valence-electron chi connectivity index (χ0n) is 15.8. The van der Waals surface area contributed by atoms with Crippen LogP contribution in [0.2, 0.25) is 0 Å². The Morgan fingerprint density at radius 1 is 1.07 bits per heavy atom. The van der Waals surface area contributed by atoms with Crippen LogP contribution in [0.15, 0.2) is 48.5 Å². The molecule has 2 N–H and O–H groups in total. The fourth-order valence-electron chi connectivity index (χ4n) is 2.46. The second-order valence-corrected chi connectivity index (χ2v) is 9.62. The van der Waals surface area contributed by atoms with Crippen LogP contribution < -0.4 is 14.9 Å². The van der Waals surface area contributed by atoms with Gasteiger partial charge in [-0.25, -0.2) is 8.42 Å². The molecule has 0 heterocycles. The van der Waals surface area contributed by atoms with Crippen LogP contribution in [0.25, 0.3) is 0 Å². The zero-order chi connectivity index (χ0) is 20.9. The van der Waals surface area contributed by atoms with Crippen molar-refractivity contribution in [3.8, 4) is 0 Å². The highest BCUT2D eigenvalue weighted by atomic mass is 127. The second kappa shape index (κ2) is 9.37. The summed E-state index contributed by atoms with van der Waals surface area (Å²) in [7, 11) is -3.67. The Hall–Kier alpha value is -2.14. The Morgan fingerprint density at radius 2 is 1.68 bits per heavy atom. The molecule has 0 aliphatic heterocycles. The molecule has 0 radical (unpaired) electrons. The maximum Gasteiger partial charge on any atom is 0.253 e. The maximum absolute atomic E-state index is 12.6. The molecular formula is C19H22IN3O4S. The quantitative estimate of drug-likeness (QED) is 0.555. The van der Waals surface area contributed by atoms with Crippen LogP contribution in [0.1, 0.15) is 24.2 Å². The van der Waals surface area contributed by atoms with Gasteiger partial charge in [-0.3, -0.25) is 13.9 Å². The van der Waals surface area contributed by atoms with Gasteiger partial charge in [0.1, 0.15) is 6.54 Å². The lowest BCUT2D eigenvalue weighted by Crippen LogP contribution is -2.38. The Kier molecular flexibility index (Phi) is 7.41. The summed E-state index contributed by atoms with van der Waals surface area (Å²) in [6, 6.07) is 13.3. The first-order chi connectivity index (χ1) is 13.1. The van der Waals surface area contributed by atoms with E-state index in [4.69, 9.17) is 0 Å². The molecule has 0 aromatic heterocycles. The molecule has 2 aromatic rings. The van der Waals surface area contributed by atoms with Gasteiger partial charge in [0.05, 0.1) is 23.2 Å². The molecular weight excluding hydrogens is 493 g/mol. The number of halogens is 1. The van der Waals surface area contributed by atoms with E-state index in [1.807, 2.05) is 13.8 Å². The van der Waals surface area contributed by atoms with E-state index in [2.05, 4.69) is 33.2 Å². The van der Waals surface area contributed by atoms with Crippen LogP contribution in [0, 0.1) is 3.57 Å². The minimum absolute atomic E-state index is 0.0575. The summed E-state index contributed by atoms with van der Waals surface area (Å²) >= 11 is 2.11. The summed E-state index contributed by atoms with van der Waals surface area (Å²) in [5.74, 6) is -0.864. The van der Waals surface area contributed by atoms with Gasteiger partial charge in [-0.05, 0) is 72.8 Å². The van der Waals surface area contributed by atoms with E-state index >= 15 is 0 Å². The Morgan fingerprint density at radius 3 is 2.25 bits per heavy atom. The van der Waals surface area contributed by atoms with E-state index in [0.717, 1.165) is 14.1 Å². The van der Waals surface area contributed by atoms with Gasteiger partial charge >= 0.3 is 0 Å². The SMILES string of the molecule is CC(C)NC(=O)c1ccccc1NC(=O)CN(c1ccc(I)cc1)S(C)(=O)=O. The standard InChI is InChI=1S/C19H22IN3O4S/c1-13(2)21-19(25)16-6-4-5-7-17(16)22-18(24)12-23(28(3,26)27)15-10-8-14(20)9-11-15/h4-11,13H,12H2,1-3H3,(H,21,25)(H,22,24). The van der Waals surface area contributed by atoms with Crippen molar-refractivity contribution in [1.82, 2.24) is 5.32 Å². The third-order valence-corrected chi connectivity index (χ3v) is 5.53. The molecule has 2 aromatic carbocycles. The van der Waals surface area contributed by atoms with E-state index in [-0.39, 0.29) is 11.9 Å². The van der Waals surface area contributed by atoms with Crippen LogP contribution in [-0.2, 0) is 14.8 Å². The van der Waals surface area contributed by atoms with Crippen LogP contribution >= 0.6 is 22.6 Å². The summed E-state index contributed by atoms with van der Waals surface area (Å²) in [6.07, 6.45) is 1.04. The molecule has 0 unspecified atom stereocenters. The molecule has 0 bridgehead atoms. The van der Waals surface area contributed by atoms with Crippen molar-refractivity contribution < 1.29 is 18.0 Å². The van der Waals surface area contributed by atoms with Gasteiger partial charge in [-0.2, -0.15) is 0 Å². The number of benzene rings is 2. The predicted molar refractivity (Wildman–Crippen MR) is 119 cm³/mol. The van der Waals surface area contributed by atoms with Crippen molar-refractivity contribution in [2.75, 3.05) is 22.4 Å². The maximum atomic E-state index is 12.6. The van der Waals surface area contributed by atoms with Gasteiger partial charge in [0, 0.05) is 9.61 Å². The van der Waals surface area contributed by atoms with Crippen LogP contribution in [0.5, 0.6) is 0 Å². The Balaban J connectivity index is 2.22. The molecule has 28 heavy (non-hydrogen) atoms. The van der Waals surface area contributed by atoms with Crippen molar-refractivity contribution in [1.29, 1.82) is 0 Å². The summed E-state index contributed by atoms with van der Waals surface area (Å²) < 4.78 is 26.3. The average molecular weight is 515 g/mol. The molecule has 150 valence electrons. The highest BCUT2D eigenvalue weighted by molar-refractivity contribution is 14.1. The van der Waals surface area contributed by atoms with Gasteiger partial charge in [0.15, 0.2) is 0 Å². The number of nitrogens with zero attached hydrogens (tertiary/aromatic N) is 1. The van der Waals surface area contributed by atoms with Crippen molar-refractivity contribution >= 4 is 55.8 Å². The van der Waals surface area contributed by atoms with Gasteiger partial charge in [-0.1, -0.05) is 12.1 Å². The minimum atomic E-state index is -3.67. The Bertz CT molecular complexity index is 959. The third kappa shape index (κ3) is 6.20. The van der Waals surface area contributed by atoms with E-state index in [1.165, 1.54) is 0 Å². The monoisotopic (exact) mass is 515 g/mol. The smallest absolute Gasteiger partial charge is 0.253 e. The normalized spacial score (nSPS) is 11.2. The number of amides is 2. The molecule has 9 heteroatoms. The zero-order valence-corrected chi connectivity index (χ0v) is 18.7. The van der Waals surface area contributed by atoms with E-state index in [9.17, 15) is 18.0 Å². The van der Waals surface area contributed by atoms with E-state index in [0.29, 0.717) is 16.9 Å². The van der Waals surface area contributed by atoms with Crippen molar-refractivity contribution in [3.63, 3.8) is 0 Å². The number of sulfonamides is 1. The highest BCUT2D eigenvalue weighted by Gasteiger charge is 2.22. The van der Waals surface area contributed by atoms with Gasteiger partial charge in [0.25, 0.3) is 5.91 Å². The van der Waals surface area contributed by atoms with Gasteiger partial charge < -0.3 is 10.6 Å². The number of hydrogen-bond donors (Lipinski definition) is 2. The fraction of sp³-hybridized carbons (Fsp3) is 0.263. The minimum Gasteiger partial charge on any atom is -0.350 e. The van der Waals surface area contributed by atoms with E-state index in [1.54, 1.807) is 48.5 Å². The lowest BCUT2D eigenvalue weighted by Gasteiger charge is -2.22. The number of carbonyl (C=O) groups is 2. The summed E-state index contributed by atoms with van der Waals surface area (Å²) in [5.41, 5.74) is 1.02. The Labute approximate surface area is 178 Å². The molecule has 0 aliphatic carbocycles. The van der Waals surface area contributed by atoms with E-state index < -0.39 is 22.5 Å². The van der Waals surface area contributed by atoms with Crippen LogP contribution in [-0.4, -0.2) is 39.1 Å². The molecule has 0 saturated carbocycles. The van der Waals surface area contributed by atoms with Crippen molar-refractivity contribution in [2.24, 2.45) is 0 Å².